The first-order valence-electron chi connectivity index (χ1n) is 8.19. The Labute approximate surface area is 137 Å². The van der Waals surface area contributed by atoms with Crippen LogP contribution in [0.2, 0.25) is 0 Å². The number of methoxy groups -OCH3 is 1. The zero-order valence-electron chi connectivity index (χ0n) is 14.1. The van der Waals surface area contributed by atoms with Gasteiger partial charge in [-0.1, -0.05) is 13.0 Å². The maximum Gasteiger partial charge on any atom is 0.250 e. The quantitative estimate of drug-likeness (QED) is 0.785. The van der Waals surface area contributed by atoms with Crippen molar-refractivity contribution in [2.75, 3.05) is 27.2 Å². The van der Waals surface area contributed by atoms with E-state index >= 15 is 0 Å². The molecular formula is C17H26FN3O2. The number of hydrogen-bond acceptors (Lipinski definition) is 4. The number of nitrogens with one attached hydrogen (secondary N) is 2. The van der Waals surface area contributed by atoms with Crippen LogP contribution in [0.3, 0.4) is 0 Å². The summed E-state index contributed by atoms with van der Waals surface area (Å²) >= 11 is 0. The number of nitrogens with zero attached hydrogens (tertiary/aromatic N) is 1. The molecule has 3 atom stereocenters. The van der Waals surface area contributed by atoms with Gasteiger partial charge in [-0.15, -0.1) is 0 Å². The predicted octanol–water partition coefficient (Wildman–Crippen LogP) is 1.97. The van der Waals surface area contributed by atoms with E-state index in [-0.39, 0.29) is 17.6 Å². The Balaban J connectivity index is 1.98. The van der Waals surface area contributed by atoms with Crippen LogP contribution in [0.5, 0.6) is 0 Å². The van der Waals surface area contributed by atoms with Crippen LogP contribution >= 0.6 is 0 Å². The second-order valence-corrected chi connectivity index (χ2v) is 5.98. The highest BCUT2D eigenvalue weighted by atomic mass is 19.1. The van der Waals surface area contributed by atoms with E-state index in [4.69, 9.17) is 4.74 Å². The average molecular weight is 323 g/mol. The number of halogens is 1. The second-order valence-electron chi connectivity index (χ2n) is 5.98. The fraction of sp³-hybridized carbons (Fsp3) is 0.647. The summed E-state index contributed by atoms with van der Waals surface area (Å²) in [5.74, 6) is 1.14. The molecule has 23 heavy (non-hydrogen) atoms. The lowest BCUT2D eigenvalue weighted by atomic mass is 9.86. The van der Waals surface area contributed by atoms with Crippen LogP contribution in [0, 0.1) is 11.8 Å². The summed E-state index contributed by atoms with van der Waals surface area (Å²) in [6.45, 7) is 3.75. The SMILES string of the molecule is CCC1=NCC(CCC2C=C(C(=O)NC)C=C(OC)C2F)CN1. The number of carbonyl (C=O) groups is 1. The minimum Gasteiger partial charge on any atom is -0.498 e. The Morgan fingerprint density at radius 1 is 1.52 bits per heavy atom. The van der Waals surface area contributed by atoms with Crippen LogP contribution < -0.4 is 10.6 Å². The van der Waals surface area contributed by atoms with Gasteiger partial charge in [0.15, 0.2) is 6.17 Å². The minimum absolute atomic E-state index is 0.215. The highest BCUT2D eigenvalue weighted by Crippen LogP contribution is 2.31. The van der Waals surface area contributed by atoms with Gasteiger partial charge in [-0.2, -0.15) is 0 Å². The Hall–Kier alpha value is -1.85. The summed E-state index contributed by atoms with van der Waals surface area (Å²) in [5.41, 5.74) is 0.469. The highest BCUT2D eigenvalue weighted by Gasteiger charge is 2.30. The van der Waals surface area contributed by atoms with E-state index in [1.54, 1.807) is 13.1 Å². The van der Waals surface area contributed by atoms with Crippen molar-refractivity contribution in [3.63, 3.8) is 0 Å². The summed E-state index contributed by atoms with van der Waals surface area (Å²) in [4.78, 5) is 16.3. The first-order valence-corrected chi connectivity index (χ1v) is 8.19. The molecule has 1 amide bonds. The third kappa shape index (κ3) is 4.33. The third-order valence-corrected chi connectivity index (χ3v) is 4.44. The molecule has 0 aromatic heterocycles. The Kier molecular flexibility index (Phi) is 6.19. The van der Waals surface area contributed by atoms with Crippen molar-refractivity contribution in [1.82, 2.24) is 10.6 Å². The molecule has 0 aromatic carbocycles. The van der Waals surface area contributed by atoms with Gasteiger partial charge in [0.25, 0.3) is 5.91 Å². The molecule has 1 aliphatic heterocycles. The average Bonchev–Trinajstić information content (AvgIpc) is 2.60. The van der Waals surface area contributed by atoms with Gasteiger partial charge >= 0.3 is 0 Å². The summed E-state index contributed by atoms with van der Waals surface area (Å²) in [6, 6.07) is 0. The lowest BCUT2D eigenvalue weighted by molar-refractivity contribution is -0.116. The first-order chi connectivity index (χ1) is 11.1. The maximum absolute atomic E-state index is 14.5. The highest BCUT2D eigenvalue weighted by molar-refractivity contribution is 5.96. The number of alkyl halides is 1. The number of amidine groups is 1. The number of ether oxygens (including phenoxy) is 1. The Morgan fingerprint density at radius 3 is 2.87 bits per heavy atom. The standard InChI is InChI=1S/C17H26FN3O2/c1-4-15-20-9-11(10-21-15)5-6-12-7-13(17(22)19-2)8-14(23-3)16(12)18/h7-8,11-12,16H,4-6,9-10H2,1-3H3,(H,19,22)(H,20,21). The lowest BCUT2D eigenvalue weighted by Gasteiger charge is -2.27. The van der Waals surface area contributed by atoms with Gasteiger partial charge in [0, 0.05) is 38.0 Å². The van der Waals surface area contributed by atoms with Crippen molar-refractivity contribution in [3.8, 4) is 0 Å². The van der Waals surface area contributed by atoms with E-state index in [0.29, 0.717) is 17.9 Å². The number of allylic oxidation sites excluding steroid dienone is 2. The number of hydrogen-bond donors (Lipinski definition) is 2. The molecule has 0 saturated carbocycles. The van der Waals surface area contributed by atoms with Gasteiger partial charge < -0.3 is 15.4 Å². The van der Waals surface area contributed by atoms with Gasteiger partial charge in [-0.25, -0.2) is 4.39 Å². The molecular weight excluding hydrogens is 297 g/mol. The van der Waals surface area contributed by atoms with Crippen molar-refractivity contribution >= 4 is 11.7 Å². The van der Waals surface area contributed by atoms with E-state index in [1.807, 2.05) is 0 Å². The van der Waals surface area contributed by atoms with Crippen LogP contribution in [0.25, 0.3) is 0 Å². The number of amides is 1. The first kappa shape index (κ1) is 17.5. The lowest BCUT2D eigenvalue weighted by Crippen LogP contribution is -2.36. The summed E-state index contributed by atoms with van der Waals surface area (Å²) in [7, 11) is 3.01. The molecule has 0 saturated heterocycles. The van der Waals surface area contributed by atoms with Crippen LogP contribution in [0.4, 0.5) is 4.39 Å². The zero-order chi connectivity index (χ0) is 16.8. The molecule has 6 heteroatoms. The maximum atomic E-state index is 14.5. The van der Waals surface area contributed by atoms with E-state index in [9.17, 15) is 9.18 Å². The summed E-state index contributed by atoms with van der Waals surface area (Å²) in [5, 5.41) is 5.89. The molecule has 0 radical (unpaired) electrons. The fourth-order valence-electron chi connectivity index (χ4n) is 2.97. The Bertz CT molecular complexity index is 528. The number of rotatable bonds is 6. The van der Waals surface area contributed by atoms with Crippen molar-refractivity contribution in [2.24, 2.45) is 16.8 Å². The van der Waals surface area contributed by atoms with Crippen LogP contribution in [-0.2, 0) is 9.53 Å². The van der Waals surface area contributed by atoms with E-state index in [2.05, 4.69) is 22.5 Å². The predicted molar refractivity (Wildman–Crippen MR) is 88.9 cm³/mol. The van der Waals surface area contributed by atoms with Crippen LogP contribution in [0.15, 0.2) is 28.5 Å². The molecule has 0 aromatic rings. The molecule has 2 N–H and O–H groups in total. The molecule has 3 unspecified atom stereocenters. The van der Waals surface area contributed by atoms with Gasteiger partial charge in [0.05, 0.1) is 12.9 Å². The number of carbonyl (C=O) groups excluding carboxylic acids is 1. The largest absolute Gasteiger partial charge is 0.498 e. The number of likely N-dealkylation sites (N-methyl/N-ethyl adjacent to an activating group) is 1. The molecule has 0 fully saturated rings. The van der Waals surface area contributed by atoms with E-state index < -0.39 is 6.17 Å². The topological polar surface area (TPSA) is 62.7 Å². The van der Waals surface area contributed by atoms with Crippen molar-refractivity contribution in [1.29, 1.82) is 0 Å². The van der Waals surface area contributed by atoms with E-state index in [1.165, 1.54) is 13.2 Å². The fourth-order valence-corrected chi connectivity index (χ4v) is 2.97. The van der Waals surface area contributed by atoms with Crippen LogP contribution in [0.1, 0.15) is 26.2 Å². The van der Waals surface area contributed by atoms with Crippen molar-refractivity contribution < 1.29 is 13.9 Å². The molecule has 2 aliphatic rings. The van der Waals surface area contributed by atoms with Crippen molar-refractivity contribution in [3.05, 3.63) is 23.5 Å². The molecule has 5 nitrogen and oxygen atoms in total. The molecule has 1 aliphatic carbocycles. The normalized spacial score (nSPS) is 27.3. The van der Waals surface area contributed by atoms with Gasteiger partial charge in [0.2, 0.25) is 0 Å². The summed E-state index contributed by atoms with van der Waals surface area (Å²) < 4.78 is 19.6. The number of aliphatic imine (C=N–C) groups is 1. The molecule has 1 heterocycles. The van der Waals surface area contributed by atoms with Gasteiger partial charge in [0.1, 0.15) is 5.76 Å². The second kappa shape index (κ2) is 8.13. The molecule has 128 valence electrons. The van der Waals surface area contributed by atoms with E-state index in [0.717, 1.165) is 31.8 Å². The molecule has 2 rings (SSSR count). The smallest absolute Gasteiger partial charge is 0.250 e. The summed E-state index contributed by atoms with van der Waals surface area (Å²) in [6.07, 6.45) is 4.48. The van der Waals surface area contributed by atoms with Crippen LogP contribution in [-0.4, -0.2) is 45.2 Å². The minimum atomic E-state index is -1.19. The molecule has 0 spiro atoms. The van der Waals surface area contributed by atoms with Gasteiger partial charge in [-0.05, 0) is 24.8 Å². The van der Waals surface area contributed by atoms with Crippen molar-refractivity contribution in [2.45, 2.75) is 32.4 Å². The third-order valence-electron chi connectivity index (χ3n) is 4.44. The zero-order valence-corrected chi connectivity index (χ0v) is 14.1. The van der Waals surface area contributed by atoms with Gasteiger partial charge in [-0.3, -0.25) is 9.79 Å². The Morgan fingerprint density at radius 2 is 2.30 bits per heavy atom. The molecule has 0 bridgehead atoms. The monoisotopic (exact) mass is 323 g/mol.